The van der Waals surface area contributed by atoms with Crippen LogP contribution in [-0.4, -0.2) is 7.11 Å². The molecular formula is C14H23NO. The molecule has 2 heteroatoms. The minimum absolute atomic E-state index is 0.0530. The second-order valence-electron chi connectivity index (χ2n) is 5.22. The topological polar surface area (TPSA) is 35.2 Å². The van der Waals surface area contributed by atoms with Crippen LogP contribution in [0.15, 0.2) is 18.2 Å². The predicted molar refractivity (Wildman–Crippen MR) is 68.9 cm³/mol. The van der Waals surface area contributed by atoms with Crippen LogP contribution in [0.5, 0.6) is 5.75 Å². The van der Waals surface area contributed by atoms with E-state index in [-0.39, 0.29) is 11.5 Å². The summed E-state index contributed by atoms with van der Waals surface area (Å²) in [6.45, 7) is 8.70. The van der Waals surface area contributed by atoms with E-state index in [2.05, 4.69) is 39.8 Å². The number of methoxy groups -OCH3 is 1. The minimum atomic E-state index is 0.0530. The van der Waals surface area contributed by atoms with Gasteiger partial charge >= 0.3 is 0 Å². The van der Waals surface area contributed by atoms with E-state index >= 15 is 0 Å². The lowest BCUT2D eigenvalue weighted by Crippen LogP contribution is -2.15. The quantitative estimate of drug-likeness (QED) is 0.849. The second kappa shape index (κ2) is 4.88. The zero-order chi connectivity index (χ0) is 12.3. The molecule has 1 aromatic carbocycles. The van der Waals surface area contributed by atoms with Crippen molar-refractivity contribution in [2.24, 2.45) is 5.73 Å². The number of ether oxygens (including phenoxy) is 1. The zero-order valence-electron chi connectivity index (χ0n) is 11.0. The largest absolute Gasteiger partial charge is 0.496 e. The summed E-state index contributed by atoms with van der Waals surface area (Å²) in [5.41, 5.74) is 8.66. The highest BCUT2D eigenvalue weighted by atomic mass is 16.5. The molecule has 0 aliphatic rings. The van der Waals surface area contributed by atoms with Gasteiger partial charge in [0.15, 0.2) is 0 Å². The van der Waals surface area contributed by atoms with E-state index < -0.39 is 0 Å². The molecular weight excluding hydrogens is 198 g/mol. The van der Waals surface area contributed by atoms with Crippen molar-refractivity contribution in [1.82, 2.24) is 0 Å². The first-order valence-electron chi connectivity index (χ1n) is 5.84. The minimum Gasteiger partial charge on any atom is -0.496 e. The van der Waals surface area contributed by atoms with Crippen LogP contribution in [0, 0.1) is 0 Å². The van der Waals surface area contributed by atoms with E-state index in [4.69, 9.17) is 10.5 Å². The van der Waals surface area contributed by atoms with Crippen LogP contribution in [0.1, 0.15) is 51.3 Å². The fourth-order valence-corrected chi connectivity index (χ4v) is 1.71. The van der Waals surface area contributed by atoms with Gasteiger partial charge in [0.05, 0.1) is 7.11 Å². The molecule has 90 valence electrons. The molecule has 0 aliphatic carbocycles. The Hall–Kier alpha value is -1.02. The van der Waals surface area contributed by atoms with Crippen molar-refractivity contribution >= 4 is 0 Å². The molecule has 0 fully saturated rings. The summed E-state index contributed by atoms with van der Waals surface area (Å²) in [6.07, 6.45) is 0.921. The summed E-state index contributed by atoms with van der Waals surface area (Å²) in [7, 11) is 1.69. The average molecular weight is 221 g/mol. The Balaban J connectivity index is 3.21. The van der Waals surface area contributed by atoms with E-state index in [0.717, 1.165) is 17.7 Å². The molecule has 0 heterocycles. The van der Waals surface area contributed by atoms with E-state index in [1.54, 1.807) is 7.11 Å². The summed E-state index contributed by atoms with van der Waals surface area (Å²) < 4.78 is 5.36. The van der Waals surface area contributed by atoms with Gasteiger partial charge in [-0.3, -0.25) is 0 Å². The normalized spacial score (nSPS) is 13.6. The zero-order valence-corrected chi connectivity index (χ0v) is 11.0. The fourth-order valence-electron chi connectivity index (χ4n) is 1.71. The first kappa shape index (κ1) is 13.0. The van der Waals surface area contributed by atoms with Gasteiger partial charge in [0.2, 0.25) is 0 Å². The molecule has 0 aromatic heterocycles. The van der Waals surface area contributed by atoms with E-state index in [0.29, 0.717) is 0 Å². The smallest absolute Gasteiger partial charge is 0.123 e. The Morgan fingerprint density at radius 2 is 1.94 bits per heavy atom. The number of rotatable bonds is 3. The van der Waals surface area contributed by atoms with Crippen molar-refractivity contribution in [1.29, 1.82) is 0 Å². The average Bonchev–Trinajstić information content (AvgIpc) is 2.25. The SMILES string of the molecule is CCC(N)c1cc(C(C)(C)C)ccc1OC. The summed E-state index contributed by atoms with van der Waals surface area (Å²) in [4.78, 5) is 0. The van der Waals surface area contributed by atoms with Crippen LogP contribution in [-0.2, 0) is 5.41 Å². The molecule has 1 rings (SSSR count). The molecule has 0 spiro atoms. The van der Waals surface area contributed by atoms with Gasteiger partial charge in [0, 0.05) is 11.6 Å². The van der Waals surface area contributed by atoms with Crippen molar-refractivity contribution in [3.8, 4) is 5.75 Å². The Labute approximate surface area is 98.8 Å². The highest BCUT2D eigenvalue weighted by Gasteiger charge is 2.17. The molecule has 1 atom stereocenters. The number of hydrogen-bond acceptors (Lipinski definition) is 2. The van der Waals surface area contributed by atoms with Gasteiger partial charge in [0.25, 0.3) is 0 Å². The van der Waals surface area contributed by atoms with Gasteiger partial charge in [-0.25, -0.2) is 0 Å². The van der Waals surface area contributed by atoms with Gasteiger partial charge in [-0.1, -0.05) is 39.8 Å². The Morgan fingerprint density at radius 3 is 2.38 bits per heavy atom. The van der Waals surface area contributed by atoms with Crippen LogP contribution in [0.4, 0.5) is 0 Å². The molecule has 0 bridgehead atoms. The molecule has 2 N–H and O–H groups in total. The molecule has 0 saturated heterocycles. The summed E-state index contributed by atoms with van der Waals surface area (Å²) >= 11 is 0. The first-order valence-corrected chi connectivity index (χ1v) is 5.84. The third kappa shape index (κ3) is 2.76. The van der Waals surface area contributed by atoms with Gasteiger partial charge in [-0.05, 0) is 23.5 Å². The lowest BCUT2D eigenvalue weighted by atomic mass is 9.85. The third-order valence-electron chi connectivity index (χ3n) is 2.94. The first-order chi connectivity index (χ1) is 7.40. The Kier molecular flexibility index (Phi) is 3.98. The maximum atomic E-state index is 6.10. The highest BCUT2D eigenvalue weighted by Crippen LogP contribution is 2.31. The van der Waals surface area contributed by atoms with Crippen molar-refractivity contribution < 1.29 is 4.74 Å². The van der Waals surface area contributed by atoms with Gasteiger partial charge in [-0.15, -0.1) is 0 Å². The standard InChI is InChI=1S/C14H23NO/c1-6-12(15)11-9-10(14(2,3)4)7-8-13(11)16-5/h7-9,12H,6,15H2,1-5H3. The Morgan fingerprint density at radius 1 is 1.31 bits per heavy atom. The second-order valence-corrected chi connectivity index (χ2v) is 5.22. The molecule has 0 aliphatic heterocycles. The summed E-state index contributed by atoms with van der Waals surface area (Å²) in [6, 6.07) is 6.36. The maximum absolute atomic E-state index is 6.10. The van der Waals surface area contributed by atoms with Crippen LogP contribution in [0.3, 0.4) is 0 Å². The monoisotopic (exact) mass is 221 g/mol. The van der Waals surface area contributed by atoms with Crippen LogP contribution < -0.4 is 10.5 Å². The van der Waals surface area contributed by atoms with E-state index in [9.17, 15) is 0 Å². The number of benzene rings is 1. The lowest BCUT2D eigenvalue weighted by molar-refractivity contribution is 0.404. The summed E-state index contributed by atoms with van der Waals surface area (Å²) in [5.74, 6) is 0.891. The molecule has 2 nitrogen and oxygen atoms in total. The van der Waals surface area contributed by atoms with E-state index in [1.807, 2.05) is 6.07 Å². The molecule has 0 amide bonds. The fraction of sp³-hybridized carbons (Fsp3) is 0.571. The molecule has 1 unspecified atom stereocenters. The number of nitrogens with two attached hydrogens (primary N) is 1. The predicted octanol–water partition coefficient (Wildman–Crippen LogP) is 3.40. The van der Waals surface area contributed by atoms with E-state index in [1.165, 1.54) is 5.56 Å². The number of hydrogen-bond donors (Lipinski definition) is 1. The molecule has 0 saturated carbocycles. The van der Waals surface area contributed by atoms with Gasteiger partial charge < -0.3 is 10.5 Å². The third-order valence-corrected chi connectivity index (χ3v) is 2.94. The van der Waals surface area contributed by atoms with Gasteiger partial charge in [-0.2, -0.15) is 0 Å². The Bertz CT molecular complexity index is 352. The van der Waals surface area contributed by atoms with Crippen LogP contribution >= 0.6 is 0 Å². The van der Waals surface area contributed by atoms with Crippen molar-refractivity contribution in [2.45, 2.75) is 45.6 Å². The van der Waals surface area contributed by atoms with Gasteiger partial charge in [0.1, 0.15) is 5.75 Å². The lowest BCUT2D eigenvalue weighted by Gasteiger charge is -2.22. The van der Waals surface area contributed by atoms with Crippen molar-refractivity contribution in [2.75, 3.05) is 7.11 Å². The van der Waals surface area contributed by atoms with Crippen LogP contribution in [0.2, 0.25) is 0 Å². The van der Waals surface area contributed by atoms with Crippen molar-refractivity contribution in [3.63, 3.8) is 0 Å². The summed E-state index contributed by atoms with van der Waals surface area (Å²) in [5, 5.41) is 0. The molecule has 16 heavy (non-hydrogen) atoms. The van der Waals surface area contributed by atoms with Crippen LogP contribution in [0.25, 0.3) is 0 Å². The van der Waals surface area contributed by atoms with Crippen molar-refractivity contribution in [3.05, 3.63) is 29.3 Å². The molecule has 0 radical (unpaired) electrons. The maximum Gasteiger partial charge on any atom is 0.123 e. The molecule has 1 aromatic rings. The highest BCUT2D eigenvalue weighted by molar-refractivity contribution is 5.41.